The molecule has 0 aromatic rings. The highest BCUT2D eigenvalue weighted by atomic mass is 16.4. The van der Waals surface area contributed by atoms with Gasteiger partial charge < -0.3 is 15.0 Å². The van der Waals surface area contributed by atoms with Crippen molar-refractivity contribution in [1.29, 1.82) is 0 Å². The molecule has 1 N–H and O–H groups in total. The van der Waals surface area contributed by atoms with Crippen LogP contribution in [0.4, 0.5) is 0 Å². The van der Waals surface area contributed by atoms with E-state index in [4.69, 9.17) is 0 Å². The molecule has 0 aromatic carbocycles. The van der Waals surface area contributed by atoms with Gasteiger partial charge in [0.2, 0.25) is 0 Å². The van der Waals surface area contributed by atoms with Crippen molar-refractivity contribution in [3.8, 4) is 0 Å². The summed E-state index contributed by atoms with van der Waals surface area (Å²) in [7, 11) is 0. The van der Waals surface area contributed by atoms with Crippen molar-refractivity contribution in [2.45, 2.75) is 97.0 Å². The van der Waals surface area contributed by atoms with E-state index in [-0.39, 0.29) is 17.3 Å². The molecule has 162 valence electrons. The van der Waals surface area contributed by atoms with Gasteiger partial charge in [-0.25, -0.2) is 0 Å². The number of aliphatic carboxylic acids is 1. The van der Waals surface area contributed by atoms with Crippen LogP contribution in [0.1, 0.15) is 91.4 Å². The second kappa shape index (κ2) is 7.21. The van der Waals surface area contributed by atoms with Crippen LogP contribution in [0.3, 0.4) is 0 Å². The van der Waals surface area contributed by atoms with Crippen molar-refractivity contribution in [3.63, 3.8) is 0 Å². The minimum absolute atomic E-state index is 0.0575. The Balaban J connectivity index is 1.69. The van der Waals surface area contributed by atoms with Gasteiger partial charge in [-0.05, 0) is 91.9 Å². The summed E-state index contributed by atoms with van der Waals surface area (Å²) in [6.45, 7) is 6.87. The molecule has 0 aliphatic heterocycles. The van der Waals surface area contributed by atoms with E-state index in [2.05, 4.69) is 20.8 Å². The van der Waals surface area contributed by atoms with E-state index in [0.717, 1.165) is 38.5 Å². The Hall–Kier alpha value is -1.16. The zero-order valence-electron chi connectivity index (χ0n) is 18.3. The Morgan fingerprint density at radius 2 is 1.93 bits per heavy atom. The molecule has 0 heterocycles. The molecule has 4 aliphatic rings. The molecule has 4 nitrogen and oxygen atoms in total. The Kier molecular flexibility index (Phi) is 5.25. The number of ketones is 1. The summed E-state index contributed by atoms with van der Waals surface area (Å²) >= 11 is 0. The van der Waals surface area contributed by atoms with Crippen molar-refractivity contribution in [3.05, 3.63) is 11.6 Å². The molecule has 4 aliphatic carbocycles. The fourth-order valence-corrected chi connectivity index (χ4v) is 8.20. The van der Waals surface area contributed by atoms with E-state index in [1.54, 1.807) is 0 Å². The van der Waals surface area contributed by atoms with Gasteiger partial charge in [-0.2, -0.15) is 0 Å². The lowest BCUT2D eigenvalue weighted by Gasteiger charge is -2.61. The van der Waals surface area contributed by atoms with E-state index < -0.39 is 11.6 Å². The standard InChI is InChI=1S/C25H38O4/c1-4-5-16-14-17-15-18(26)6-10-23(17,2)19-7-11-24(3)20(22(16)19)8-12-25(24,29)13-9-21(27)28/h15-16,19-20,22,29H,4-14H2,1-3H3,(H,27,28)/p-1/t16-,19+,20+,22-,23+,24+,25-/m1/s1. The highest BCUT2D eigenvalue weighted by Crippen LogP contribution is 2.69. The van der Waals surface area contributed by atoms with Gasteiger partial charge >= 0.3 is 0 Å². The fourth-order valence-electron chi connectivity index (χ4n) is 8.20. The van der Waals surface area contributed by atoms with E-state index in [9.17, 15) is 19.8 Å². The van der Waals surface area contributed by atoms with Crippen molar-refractivity contribution >= 4 is 11.8 Å². The number of allylic oxidation sites excluding steroid dienone is 1. The van der Waals surface area contributed by atoms with Crippen LogP contribution >= 0.6 is 0 Å². The Morgan fingerprint density at radius 1 is 1.21 bits per heavy atom. The van der Waals surface area contributed by atoms with Crippen molar-refractivity contribution in [2.75, 3.05) is 0 Å². The van der Waals surface area contributed by atoms with Crippen molar-refractivity contribution in [2.24, 2.45) is 34.5 Å². The second-order valence-electron chi connectivity index (χ2n) is 11.0. The zero-order chi connectivity index (χ0) is 21.0. The highest BCUT2D eigenvalue weighted by molar-refractivity contribution is 5.91. The van der Waals surface area contributed by atoms with Crippen LogP contribution in [0.2, 0.25) is 0 Å². The third-order valence-corrected chi connectivity index (χ3v) is 9.86. The van der Waals surface area contributed by atoms with Crippen LogP contribution in [0.25, 0.3) is 0 Å². The molecular weight excluding hydrogens is 364 g/mol. The molecule has 29 heavy (non-hydrogen) atoms. The normalized spacial score (nSPS) is 46.5. The van der Waals surface area contributed by atoms with Crippen LogP contribution in [0.15, 0.2) is 11.6 Å². The number of hydrogen-bond acceptors (Lipinski definition) is 4. The first-order valence-electron chi connectivity index (χ1n) is 11.8. The van der Waals surface area contributed by atoms with E-state index in [1.807, 2.05) is 6.08 Å². The molecule has 7 atom stereocenters. The summed E-state index contributed by atoms with van der Waals surface area (Å²) in [5.41, 5.74) is 0.411. The lowest BCUT2D eigenvalue weighted by Crippen LogP contribution is -2.57. The summed E-state index contributed by atoms with van der Waals surface area (Å²) in [6.07, 6.45) is 10.9. The highest BCUT2D eigenvalue weighted by Gasteiger charge is 2.65. The number of carboxylic acid groups (broad SMARTS) is 1. The van der Waals surface area contributed by atoms with Gasteiger partial charge in [0, 0.05) is 12.4 Å². The summed E-state index contributed by atoms with van der Waals surface area (Å²) in [5, 5.41) is 22.7. The molecule has 0 saturated heterocycles. The maximum atomic E-state index is 12.2. The predicted octanol–water partition coefficient (Wildman–Crippen LogP) is 3.81. The maximum absolute atomic E-state index is 12.2. The van der Waals surface area contributed by atoms with Gasteiger partial charge in [0.05, 0.1) is 5.60 Å². The maximum Gasteiger partial charge on any atom is 0.155 e. The summed E-state index contributed by atoms with van der Waals surface area (Å²) < 4.78 is 0. The molecule has 3 fully saturated rings. The molecule has 3 saturated carbocycles. The third-order valence-electron chi connectivity index (χ3n) is 9.86. The molecule has 4 heteroatoms. The van der Waals surface area contributed by atoms with Crippen molar-refractivity contribution < 1.29 is 19.8 Å². The molecule has 0 radical (unpaired) electrons. The monoisotopic (exact) mass is 401 g/mol. The van der Waals surface area contributed by atoms with Crippen LogP contribution in [-0.4, -0.2) is 22.5 Å². The smallest absolute Gasteiger partial charge is 0.155 e. The quantitative estimate of drug-likeness (QED) is 0.760. The van der Waals surface area contributed by atoms with Crippen LogP contribution in [0.5, 0.6) is 0 Å². The van der Waals surface area contributed by atoms with E-state index in [1.165, 1.54) is 12.0 Å². The van der Waals surface area contributed by atoms with Gasteiger partial charge in [-0.1, -0.05) is 39.2 Å². The molecule has 0 aromatic heterocycles. The van der Waals surface area contributed by atoms with E-state index in [0.29, 0.717) is 48.7 Å². The Bertz CT molecular complexity index is 726. The largest absolute Gasteiger partial charge is 0.550 e. The van der Waals surface area contributed by atoms with Crippen LogP contribution < -0.4 is 5.11 Å². The number of carbonyl (C=O) groups is 2. The van der Waals surface area contributed by atoms with Crippen LogP contribution in [-0.2, 0) is 9.59 Å². The molecular formula is C25H37O4-. The fraction of sp³-hybridized carbons (Fsp3) is 0.840. The zero-order valence-corrected chi connectivity index (χ0v) is 18.3. The molecule has 0 bridgehead atoms. The Morgan fingerprint density at radius 3 is 2.62 bits per heavy atom. The molecule has 0 unspecified atom stereocenters. The van der Waals surface area contributed by atoms with Crippen molar-refractivity contribution in [1.82, 2.24) is 0 Å². The van der Waals surface area contributed by atoms with Gasteiger partial charge in [-0.15, -0.1) is 0 Å². The first-order valence-corrected chi connectivity index (χ1v) is 11.8. The third kappa shape index (κ3) is 3.12. The molecule has 4 rings (SSSR count). The minimum atomic E-state index is -1.06. The second-order valence-corrected chi connectivity index (χ2v) is 11.0. The number of carbonyl (C=O) groups excluding carboxylic acids is 2. The SMILES string of the molecule is CCC[C@@H]1CC2=CC(=O)CC[C@]2(C)[C@H]2CC[C@@]3(C)[C@@H](CC[C@@]3(O)CCC(=O)[O-])[C@H]12. The minimum Gasteiger partial charge on any atom is -0.550 e. The van der Waals surface area contributed by atoms with E-state index >= 15 is 0 Å². The summed E-state index contributed by atoms with van der Waals surface area (Å²) in [4.78, 5) is 23.3. The first-order chi connectivity index (χ1) is 13.6. The Labute approximate surface area is 175 Å². The number of fused-ring (bicyclic) bond motifs is 5. The lowest BCUT2D eigenvalue weighted by atomic mass is 9.43. The van der Waals surface area contributed by atoms with Gasteiger partial charge in [0.25, 0.3) is 0 Å². The summed E-state index contributed by atoms with van der Waals surface area (Å²) in [5.74, 6) is 1.40. The average molecular weight is 402 g/mol. The van der Waals surface area contributed by atoms with Gasteiger partial charge in [0.1, 0.15) is 0 Å². The number of hydrogen-bond donors (Lipinski definition) is 1. The predicted molar refractivity (Wildman–Crippen MR) is 110 cm³/mol. The topological polar surface area (TPSA) is 77.4 Å². The molecule has 0 spiro atoms. The summed E-state index contributed by atoms with van der Waals surface area (Å²) in [6, 6.07) is 0. The number of rotatable bonds is 5. The van der Waals surface area contributed by atoms with Gasteiger partial charge in [0.15, 0.2) is 5.78 Å². The lowest BCUT2D eigenvalue weighted by molar-refractivity contribution is -0.307. The van der Waals surface area contributed by atoms with Crippen LogP contribution in [0, 0.1) is 34.5 Å². The molecule has 0 amide bonds. The average Bonchev–Trinajstić information content (AvgIpc) is 2.93. The first kappa shape index (κ1) is 21.1. The number of aliphatic hydroxyl groups is 1. The van der Waals surface area contributed by atoms with Gasteiger partial charge in [-0.3, -0.25) is 4.79 Å². The number of carboxylic acids is 1.